The average molecular weight is 237 g/mol. The van der Waals surface area contributed by atoms with Gasteiger partial charge in [-0.05, 0) is 6.42 Å². The van der Waals surface area contributed by atoms with Crippen LogP contribution < -0.4 is 5.84 Å². The molecule has 0 saturated carbocycles. The van der Waals surface area contributed by atoms with Gasteiger partial charge in [0.15, 0.2) is 5.79 Å². The molecule has 82 valence electrons. The molecule has 2 aliphatic rings. The van der Waals surface area contributed by atoms with Crippen molar-refractivity contribution >= 4 is 0 Å². The summed E-state index contributed by atoms with van der Waals surface area (Å²) in [6.45, 7) is 4.40. The zero-order chi connectivity index (χ0) is 9.31. The third kappa shape index (κ3) is 2.69. The van der Waals surface area contributed by atoms with Crippen molar-refractivity contribution in [3.8, 4) is 0 Å². The fourth-order valence-corrected chi connectivity index (χ4v) is 2.00. The Morgan fingerprint density at radius 1 is 1.50 bits per heavy atom. The molecule has 0 bridgehead atoms. The first-order chi connectivity index (χ1) is 6.20. The molecule has 2 aliphatic heterocycles. The van der Waals surface area contributed by atoms with Gasteiger partial charge in [0.25, 0.3) is 0 Å². The minimum atomic E-state index is -0.435. The number of nitrogens with zero attached hydrogens (tertiary/aromatic N) is 1. The molecule has 1 atom stereocenters. The van der Waals surface area contributed by atoms with E-state index in [1.807, 2.05) is 6.92 Å². The smallest absolute Gasteiger partial charge is 0.153 e. The van der Waals surface area contributed by atoms with E-state index in [1.165, 1.54) is 0 Å². The molecule has 2 saturated heterocycles. The van der Waals surface area contributed by atoms with Crippen molar-refractivity contribution in [1.82, 2.24) is 5.01 Å². The fourth-order valence-electron chi connectivity index (χ4n) is 2.00. The van der Waals surface area contributed by atoms with E-state index in [-0.39, 0.29) is 17.4 Å². The van der Waals surface area contributed by atoms with Crippen LogP contribution in [0.5, 0.6) is 0 Å². The van der Waals surface area contributed by atoms with Gasteiger partial charge in [0, 0.05) is 36.9 Å². The number of piperidine rings is 1. The number of hydrazine groups is 1. The maximum absolute atomic E-state index is 5.76. The van der Waals surface area contributed by atoms with Crippen LogP contribution in [0.1, 0.15) is 26.2 Å². The minimum Gasteiger partial charge on any atom is -0.523 e. The van der Waals surface area contributed by atoms with E-state index in [9.17, 15) is 0 Å². The summed E-state index contributed by atoms with van der Waals surface area (Å²) in [7, 11) is 0. The molecule has 0 aliphatic carbocycles. The molecule has 2 fully saturated rings. The largest absolute Gasteiger partial charge is 0.523 e. The SMILES string of the molecule is C[C-]1CCOC2(CCCN(N)C2)O1.[Cr]. The third-order valence-electron chi connectivity index (χ3n) is 2.63. The number of rotatable bonds is 0. The maximum atomic E-state index is 5.76. The first-order valence-electron chi connectivity index (χ1n) is 4.85. The van der Waals surface area contributed by atoms with Crippen LogP contribution in [0, 0.1) is 6.10 Å². The van der Waals surface area contributed by atoms with Crippen molar-refractivity contribution < 1.29 is 26.8 Å². The Labute approximate surface area is 95.8 Å². The molecule has 2 heterocycles. The topological polar surface area (TPSA) is 47.7 Å². The van der Waals surface area contributed by atoms with Gasteiger partial charge in [-0.15, -0.1) is 6.42 Å². The monoisotopic (exact) mass is 237 g/mol. The van der Waals surface area contributed by atoms with Crippen LogP contribution in [0.4, 0.5) is 0 Å². The second-order valence-corrected chi connectivity index (χ2v) is 3.89. The van der Waals surface area contributed by atoms with Gasteiger partial charge in [-0.1, -0.05) is 0 Å². The standard InChI is InChI=1S/C9H17N2O2.Cr/c1-8-3-6-12-9(13-8)4-2-5-11(10)7-9;/h2-7,10H2,1H3;/q-1;. The van der Waals surface area contributed by atoms with E-state index in [0.29, 0.717) is 6.54 Å². The Bertz CT molecular complexity index is 172. The average Bonchev–Trinajstić information content (AvgIpc) is 2.02. The number of ether oxygens (including phenoxy) is 2. The van der Waals surface area contributed by atoms with Crippen LogP contribution in [0.2, 0.25) is 0 Å². The van der Waals surface area contributed by atoms with Gasteiger partial charge in [-0.3, -0.25) is 5.84 Å². The molecule has 0 amide bonds. The van der Waals surface area contributed by atoms with Gasteiger partial charge in [0.2, 0.25) is 0 Å². The van der Waals surface area contributed by atoms with Crippen LogP contribution in [0.3, 0.4) is 0 Å². The summed E-state index contributed by atoms with van der Waals surface area (Å²) in [5.74, 6) is 5.31. The summed E-state index contributed by atoms with van der Waals surface area (Å²) in [5, 5.41) is 1.78. The molecule has 0 aromatic carbocycles. The predicted octanol–water partition coefficient (Wildman–Crippen LogP) is 0.638. The van der Waals surface area contributed by atoms with Crippen molar-refractivity contribution in [2.75, 3.05) is 19.7 Å². The summed E-state index contributed by atoms with van der Waals surface area (Å²) >= 11 is 0. The first kappa shape index (κ1) is 12.4. The molecule has 1 spiro atoms. The summed E-state index contributed by atoms with van der Waals surface area (Å²) in [6.07, 6.45) is 3.98. The zero-order valence-corrected chi connectivity index (χ0v) is 9.77. The molecular formula is C9H17CrN2O2-. The molecule has 2 rings (SSSR count). The van der Waals surface area contributed by atoms with Crippen molar-refractivity contribution in [3.63, 3.8) is 0 Å². The fraction of sp³-hybridized carbons (Fsp3) is 0.889. The number of hydrogen-bond donors (Lipinski definition) is 1. The van der Waals surface area contributed by atoms with Crippen molar-refractivity contribution in [3.05, 3.63) is 6.10 Å². The first-order valence-corrected chi connectivity index (χ1v) is 4.85. The number of hydrogen-bond acceptors (Lipinski definition) is 4. The van der Waals surface area contributed by atoms with Gasteiger partial charge in [0.05, 0.1) is 6.54 Å². The van der Waals surface area contributed by atoms with Gasteiger partial charge in [-0.2, -0.15) is 13.0 Å². The van der Waals surface area contributed by atoms with Crippen LogP contribution in [0.15, 0.2) is 0 Å². The predicted molar refractivity (Wildman–Crippen MR) is 48.3 cm³/mol. The van der Waals surface area contributed by atoms with Crippen LogP contribution >= 0.6 is 0 Å². The molecule has 1 unspecified atom stereocenters. The summed E-state index contributed by atoms with van der Waals surface area (Å²) < 4.78 is 11.4. The van der Waals surface area contributed by atoms with Crippen molar-refractivity contribution in [1.29, 1.82) is 0 Å². The number of nitrogens with two attached hydrogens (primary N) is 1. The Morgan fingerprint density at radius 2 is 2.29 bits per heavy atom. The second-order valence-electron chi connectivity index (χ2n) is 3.89. The minimum absolute atomic E-state index is 0. The molecule has 0 radical (unpaired) electrons. The molecule has 14 heavy (non-hydrogen) atoms. The Morgan fingerprint density at radius 3 is 2.93 bits per heavy atom. The van der Waals surface area contributed by atoms with Gasteiger partial charge >= 0.3 is 0 Å². The van der Waals surface area contributed by atoms with E-state index in [4.69, 9.17) is 15.3 Å². The molecular weight excluding hydrogens is 220 g/mol. The molecule has 0 aromatic heterocycles. The summed E-state index contributed by atoms with van der Waals surface area (Å²) in [6, 6.07) is 0. The maximum Gasteiger partial charge on any atom is 0.153 e. The third-order valence-corrected chi connectivity index (χ3v) is 2.63. The van der Waals surface area contributed by atoms with Crippen molar-refractivity contribution in [2.24, 2.45) is 5.84 Å². The van der Waals surface area contributed by atoms with E-state index >= 15 is 0 Å². The molecule has 4 nitrogen and oxygen atoms in total. The summed E-state index contributed by atoms with van der Waals surface area (Å²) in [4.78, 5) is 0. The normalized spacial score (nSPS) is 35.6. The Hall–Kier alpha value is 0.372. The van der Waals surface area contributed by atoms with Crippen LogP contribution in [-0.2, 0) is 26.8 Å². The van der Waals surface area contributed by atoms with E-state index < -0.39 is 5.79 Å². The quantitative estimate of drug-likeness (QED) is 0.496. The van der Waals surface area contributed by atoms with Gasteiger partial charge < -0.3 is 9.47 Å². The summed E-state index contributed by atoms with van der Waals surface area (Å²) in [5.41, 5.74) is 0. The van der Waals surface area contributed by atoms with E-state index in [2.05, 4.69) is 0 Å². The van der Waals surface area contributed by atoms with E-state index in [1.54, 1.807) is 5.01 Å². The van der Waals surface area contributed by atoms with Crippen LogP contribution in [-0.4, -0.2) is 30.5 Å². The van der Waals surface area contributed by atoms with E-state index in [0.717, 1.165) is 38.5 Å². The second kappa shape index (κ2) is 4.93. The van der Waals surface area contributed by atoms with Gasteiger partial charge in [0.1, 0.15) is 0 Å². The van der Waals surface area contributed by atoms with Crippen LogP contribution in [0.25, 0.3) is 0 Å². The zero-order valence-electron chi connectivity index (χ0n) is 8.49. The van der Waals surface area contributed by atoms with Gasteiger partial charge in [-0.25, -0.2) is 5.01 Å². The Kier molecular flexibility index (Phi) is 4.38. The molecule has 5 heteroatoms. The molecule has 0 aromatic rings. The Balaban J connectivity index is 0.000000980. The van der Waals surface area contributed by atoms with Crippen molar-refractivity contribution in [2.45, 2.75) is 32.0 Å². The molecule has 2 N–H and O–H groups in total.